The second-order valence-electron chi connectivity index (χ2n) is 6.32. The zero-order valence-corrected chi connectivity index (χ0v) is 16.7. The van der Waals surface area contributed by atoms with Crippen LogP contribution in [0.5, 0.6) is 5.75 Å². The maximum absolute atomic E-state index is 12.5. The van der Waals surface area contributed by atoms with Gasteiger partial charge in [-0.25, -0.2) is 13.6 Å². The van der Waals surface area contributed by atoms with Crippen LogP contribution in [0.15, 0.2) is 53.4 Å². The predicted octanol–water partition coefficient (Wildman–Crippen LogP) is 2.88. The zero-order valence-electron chi connectivity index (χ0n) is 15.8. The number of aryl methyl sites for hydroxylation is 1. The Balaban J connectivity index is 2.16. The van der Waals surface area contributed by atoms with Gasteiger partial charge in [0.25, 0.3) is 0 Å². The van der Waals surface area contributed by atoms with Crippen molar-refractivity contribution < 1.29 is 17.9 Å². The molecule has 144 valence electrons. The summed E-state index contributed by atoms with van der Waals surface area (Å²) in [4.78, 5) is 14.1. The summed E-state index contributed by atoms with van der Waals surface area (Å²) >= 11 is 0. The number of carbonyl (C=O) groups excluding carboxylic acids is 1. The molecule has 0 heterocycles. The number of rotatable bonds is 6. The van der Waals surface area contributed by atoms with Crippen molar-refractivity contribution in [1.29, 1.82) is 0 Å². The number of nitrogens with two attached hydrogens (primary N) is 1. The minimum Gasteiger partial charge on any atom is -0.496 e. The first-order valence-corrected chi connectivity index (χ1v) is 9.90. The van der Waals surface area contributed by atoms with Crippen molar-refractivity contribution in [2.75, 3.05) is 14.2 Å². The number of nitrogens with zero attached hydrogens (tertiary/aromatic N) is 1. The fourth-order valence-corrected chi connectivity index (χ4v) is 3.13. The number of amides is 1. The van der Waals surface area contributed by atoms with E-state index in [2.05, 4.69) is 0 Å². The number of sulfonamides is 1. The molecule has 27 heavy (non-hydrogen) atoms. The highest BCUT2D eigenvalue weighted by Crippen LogP contribution is 2.23. The van der Waals surface area contributed by atoms with Gasteiger partial charge in [-0.2, -0.15) is 0 Å². The van der Waals surface area contributed by atoms with E-state index >= 15 is 0 Å². The van der Waals surface area contributed by atoms with Crippen molar-refractivity contribution in [2.45, 2.75) is 24.8 Å². The van der Waals surface area contributed by atoms with Gasteiger partial charge in [0.05, 0.1) is 18.0 Å². The average molecular weight is 388 g/mol. The topological polar surface area (TPSA) is 89.7 Å². The molecule has 2 aromatic carbocycles. The lowest BCUT2D eigenvalue weighted by Gasteiger charge is -2.24. The lowest BCUT2D eigenvalue weighted by atomic mass is 10.1. The monoisotopic (exact) mass is 388 g/mol. The smallest absolute Gasteiger partial charge is 0.246 e. The molecule has 0 saturated carbocycles. The summed E-state index contributed by atoms with van der Waals surface area (Å²) in [6.07, 6.45) is 3.22. The number of carbonyl (C=O) groups is 1. The van der Waals surface area contributed by atoms with E-state index in [0.29, 0.717) is 5.75 Å². The van der Waals surface area contributed by atoms with E-state index in [-0.39, 0.29) is 16.8 Å². The van der Waals surface area contributed by atoms with E-state index in [1.54, 1.807) is 37.3 Å². The summed E-state index contributed by atoms with van der Waals surface area (Å²) in [6.45, 7) is 3.84. The molecular formula is C20H24N2O4S. The summed E-state index contributed by atoms with van der Waals surface area (Å²) in [5.41, 5.74) is 2.70. The van der Waals surface area contributed by atoms with Crippen molar-refractivity contribution in [3.8, 4) is 5.75 Å². The molecule has 0 aromatic heterocycles. The molecule has 0 aliphatic carbocycles. The third-order valence-corrected chi connectivity index (χ3v) is 5.34. The fourth-order valence-electron chi connectivity index (χ4n) is 2.61. The van der Waals surface area contributed by atoms with Gasteiger partial charge in [-0.05, 0) is 49.8 Å². The Labute approximate surface area is 160 Å². The van der Waals surface area contributed by atoms with Crippen molar-refractivity contribution in [2.24, 2.45) is 5.14 Å². The quantitative estimate of drug-likeness (QED) is 0.771. The summed E-state index contributed by atoms with van der Waals surface area (Å²) < 4.78 is 28.0. The van der Waals surface area contributed by atoms with E-state index in [4.69, 9.17) is 9.88 Å². The van der Waals surface area contributed by atoms with Crippen LogP contribution in [0, 0.1) is 6.92 Å². The fraction of sp³-hybridized carbons (Fsp3) is 0.250. The van der Waals surface area contributed by atoms with Crippen LogP contribution < -0.4 is 9.88 Å². The maximum atomic E-state index is 12.5. The molecule has 0 aliphatic heterocycles. The Kier molecular flexibility index (Phi) is 6.41. The van der Waals surface area contributed by atoms with Crippen molar-refractivity contribution in [1.82, 2.24) is 4.90 Å². The Bertz CT molecular complexity index is 950. The van der Waals surface area contributed by atoms with Crippen molar-refractivity contribution in [3.63, 3.8) is 0 Å². The minimum atomic E-state index is -3.73. The van der Waals surface area contributed by atoms with Crippen LogP contribution >= 0.6 is 0 Å². The van der Waals surface area contributed by atoms with Crippen LogP contribution in [0.3, 0.4) is 0 Å². The van der Waals surface area contributed by atoms with Gasteiger partial charge in [0, 0.05) is 18.7 Å². The third-order valence-electron chi connectivity index (χ3n) is 4.41. The molecule has 1 unspecified atom stereocenters. The lowest BCUT2D eigenvalue weighted by molar-refractivity contribution is -0.126. The largest absolute Gasteiger partial charge is 0.496 e. The first kappa shape index (κ1) is 20.7. The number of methoxy groups -OCH3 is 1. The Morgan fingerprint density at radius 1 is 1.19 bits per heavy atom. The SMILES string of the molecule is COc1ccc(C)cc1/C=C/C(=O)N(C)C(C)c1ccc(S(N)(=O)=O)cc1. The number of hydrogen-bond acceptors (Lipinski definition) is 4. The van der Waals surface area contributed by atoms with Gasteiger partial charge in [-0.1, -0.05) is 23.8 Å². The molecule has 0 spiro atoms. The number of likely N-dealkylation sites (N-methyl/N-ethyl adjacent to an activating group) is 1. The highest BCUT2D eigenvalue weighted by Gasteiger charge is 2.16. The molecule has 1 amide bonds. The Hall–Kier alpha value is -2.64. The summed E-state index contributed by atoms with van der Waals surface area (Å²) in [5.74, 6) is 0.514. The van der Waals surface area contributed by atoms with Crippen LogP contribution in [0.4, 0.5) is 0 Å². The summed E-state index contributed by atoms with van der Waals surface area (Å²) in [5, 5.41) is 5.11. The molecule has 0 radical (unpaired) electrons. The molecule has 2 rings (SSSR count). The van der Waals surface area contributed by atoms with Gasteiger partial charge in [0.2, 0.25) is 15.9 Å². The zero-order chi connectivity index (χ0) is 20.2. The Morgan fingerprint density at radius 3 is 2.37 bits per heavy atom. The van der Waals surface area contributed by atoms with E-state index in [0.717, 1.165) is 16.7 Å². The molecule has 0 fully saturated rings. The van der Waals surface area contributed by atoms with E-state index < -0.39 is 10.0 Å². The van der Waals surface area contributed by atoms with Crippen LogP contribution in [0.25, 0.3) is 6.08 Å². The van der Waals surface area contributed by atoms with Gasteiger partial charge >= 0.3 is 0 Å². The highest BCUT2D eigenvalue weighted by atomic mass is 32.2. The molecule has 0 saturated heterocycles. The number of ether oxygens (including phenoxy) is 1. The molecule has 1 atom stereocenters. The van der Waals surface area contributed by atoms with Crippen LogP contribution in [-0.4, -0.2) is 33.4 Å². The molecule has 6 nitrogen and oxygen atoms in total. The third kappa shape index (κ3) is 5.18. The lowest BCUT2D eigenvalue weighted by Crippen LogP contribution is -2.28. The summed E-state index contributed by atoms with van der Waals surface area (Å²) in [7, 11) is -0.455. The normalized spacial score (nSPS) is 12.8. The van der Waals surface area contributed by atoms with Crippen LogP contribution in [0.1, 0.15) is 29.7 Å². The first-order chi connectivity index (χ1) is 12.6. The highest BCUT2D eigenvalue weighted by molar-refractivity contribution is 7.89. The molecule has 0 aliphatic rings. The molecular weight excluding hydrogens is 364 g/mol. The van der Waals surface area contributed by atoms with Gasteiger partial charge in [-0.3, -0.25) is 4.79 Å². The molecule has 7 heteroatoms. The van der Waals surface area contributed by atoms with Gasteiger partial charge in [0.1, 0.15) is 5.75 Å². The van der Waals surface area contributed by atoms with Crippen LogP contribution in [-0.2, 0) is 14.8 Å². The second kappa shape index (κ2) is 8.37. The maximum Gasteiger partial charge on any atom is 0.246 e. The predicted molar refractivity (Wildman–Crippen MR) is 106 cm³/mol. The Morgan fingerprint density at radius 2 is 1.81 bits per heavy atom. The van der Waals surface area contributed by atoms with E-state index in [1.807, 2.05) is 32.0 Å². The minimum absolute atomic E-state index is 0.0406. The molecule has 2 N–H and O–H groups in total. The number of hydrogen-bond donors (Lipinski definition) is 1. The van der Waals surface area contributed by atoms with Crippen molar-refractivity contribution in [3.05, 3.63) is 65.2 Å². The second-order valence-corrected chi connectivity index (χ2v) is 7.88. The van der Waals surface area contributed by atoms with Crippen molar-refractivity contribution >= 4 is 22.0 Å². The number of benzene rings is 2. The van der Waals surface area contributed by atoms with E-state index in [9.17, 15) is 13.2 Å². The van der Waals surface area contributed by atoms with Crippen LogP contribution in [0.2, 0.25) is 0 Å². The standard InChI is InChI=1S/C20H24N2O4S/c1-14-5-11-19(26-4)17(13-14)8-12-20(23)22(3)15(2)16-6-9-18(10-7-16)27(21,24)25/h5-13,15H,1-4H3,(H2,21,24,25)/b12-8+. The van der Waals surface area contributed by atoms with Gasteiger partial charge < -0.3 is 9.64 Å². The first-order valence-electron chi connectivity index (χ1n) is 8.35. The number of primary sulfonamides is 1. The average Bonchev–Trinajstić information content (AvgIpc) is 2.64. The van der Waals surface area contributed by atoms with E-state index in [1.165, 1.54) is 18.2 Å². The molecule has 2 aromatic rings. The molecule has 0 bridgehead atoms. The van der Waals surface area contributed by atoms with Gasteiger partial charge in [-0.15, -0.1) is 0 Å². The summed E-state index contributed by atoms with van der Waals surface area (Å²) in [6, 6.07) is 11.7. The van der Waals surface area contributed by atoms with Gasteiger partial charge in [0.15, 0.2) is 0 Å².